The van der Waals surface area contributed by atoms with Gasteiger partial charge in [0.05, 0.1) is 16.3 Å². The number of aromatic hydroxyl groups is 1. The lowest BCUT2D eigenvalue weighted by molar-refractivity contribution is -0.119. The van der Waals surface area contributed by atoms with Gasteiger partial charge in [-0.05, 0) is 49.8 Å². The zero-order chi connectivity index (χ0) is 26.8. The third-order valence-electron chi connectivity index (χ3n) is 7.64. The molecule has 3 aromatic heterocycles. The molecule has 1 aromatic carbocycles. The van der Waals surface area contributed by atoms with Gasteiger partial charge in [0.2, 0.25) is 11.8 Å². The van der Waals surface area contributed by atoms with Crippen LogP contribution in [0, 0.1) is 5.92 Å². The highest BCUT2D eigenvalue weighted by atomic mass is 35.5. The van der Waals surface area contributed by atoms with Crippen LogP contribution in [0.4, 0.5) is 20.4 Å². The van der Waals surface area contributed by atoms with Gasteiger partial charge in [-0.3, -0.25) is 4.79 Å². The molecule has 1 fully saturated rings. The molecule has 1 atom stereocenters. The van der Waals surface area contributed by atoms with Crippen LogP contribution in [0.25, 0.3) is 17.2 Å². The van der Waals surface area contributed by atoms with E-state index >= 15 is 0 Å². The van der Waals surface area contributed by atoms with Crippen molar-refractivity contribution in [3.8, 4) is 17.3 Å². The minimum absolute atomic E-state index is 0.0691. The highest BCUT2D eigenvalue weighted by molar-refractivity contribution is 6.32. The summed E-state index contributed by atoms with van der Waals surface area (Å²) in [4.78, 5) is 31.4. The van der Waals surface area contributed by atoms with Crippen LogP contribution < -0.4 is 11.1 Å². The van der Waals surface area contributed by atoms with E-state index in [4.69, 9.17) is 22.3 Å². The van der Waals surface area contributed by atoms with E-state index in [0.29, 0.717) is 47.4 Å². The molecule has 0 saturated heterocycles. The zero-order valence-electron chi connectivity index (χ0n) is 20.4. The molecule has 12 heteroatoms. The first-order valence-corrected chi connectivity index (χ1v) is 12.6. The number of amides is 1. The maximum Gasteiger partial charge on any atom is 0.248 e. The van der Waals surface area contributed by atoms with Gasteiger partial charge in [-0.1, -0.05) is 17.7 Å². The summed E-state index contributed by atoms with van der Waals surface area (Å²) in [6.07, 6.45) is 6.20. The molecule has 4 aromatic rings. The number of nitrogens with two attached hydrogens (primary N) is 1. The summed E-state index contributed by atoms with van der Waals surface area (Å²) in [6.45, 7) is 1.68. The number of phenols is 1. The number of carbonyl (C=O) groups is 1. The monoisotopic (exact) mass is 539 g/mol. The molecule has 4 heterocycles. The number of imidazole rings is 1. The molecule has 1 amide bonds. The van der Waals surface area contributed by atoms with Crippen LogP contribution in [-0.4, -0.2) is 41.3 Å². The van der Waals surface area contributed by atoms with Crippen molar-refractivity contribution in [2.75, 3.05) is 11.1 Å². The lowest BCUT2D eigenvalue weighted by Gasteiger charge is -2.28. The Kier molecular flexibility index (Phi) is 5.53. The van der Waals surface area contributed by atoms with Crippen LogP contribution >= 0.6 is 11.6 Å². The summed E-state index contributed by atoms with van der Waals surface area (Å²) in [6, 6.07) is 4.58. The van der Waals surface area contributed by atoms with E-state index in [-0.39, 0.29) is 52.9 Å². The van der Waals surface area contributed by atoms with E-state index in [2.05, 4.69) is 20.3 Å². The normalized spacial score (nSPS) is 21.0. The van der Waals surface area contributed by atoms with E-state index in [1.165, 1.54) is 12.1 Å². The Hall–Kier alpha value is -3.86. The van der Waals surface area contributed by atoms with Gasteiger partial charge in [0, 0.05) is 31.4 Å². The van der Waals surface area contributed by atoms with Crippen molar-refractivity contribution in [2.45, 2.75) is 50.4 Å². The summed E-state index contributed by atoms with van der Waals surface area (Å²) in [5, 5.41) is 13.1. The molecule has 2 aliphatic rings. The van der Waals surface area contributed by atoms with Crippen molar-refractivity contribution in [2.24, 2.45) is 5.92 Å². The summed E-state index contributed by atoms with van der Waals surface area (Å²) in [5.41, 5.74) is 7.74. The summed E-state index contributed by atoms with van der Waals surface area (Å²) < 4.78 is 29.1. The SMILES string of the molecule is C[C@]1(c2ccc(Cl)c(O)c2)C(=O)Nc2nc(-c3cn4ccnc4c(CC4CCC(F)(F)CC4)n3)nc(N)c21. The number of nitrogen functional groups attached to an aromatic ring is 1. The first-order chi connectivity index (χ1) is 18.0. The number of alkyl halides is 2. The number of anilines is 2. The van der Waals surface area contributed by atoms with Crippen molar-refractivity contribution in [1.82, 2.24) is 24.3 Å². The lowest BCUT2D eigenvalue weighted by Crippen LogP contribution is -2.32. The quantitative estimate of drug-likeness (QED) is 0.341. The fraction of sp³-hybridized carbons (Fsp3) is 0.346. The number of nitrogens with zero attached hydrogens (tertiary/aromatic N) is 5. The molecule has 1 saturated carbocycles. The second kappa shape index (κ2) is 8.59. The van der Waals surface area contributed by atoms with E-state index in [1.807, 2.05) is 0 Å². The number of fused-ring (bicyclic) bond motifs is 2. The summed E-state index contributed by atoms with van der Waals surface area (Å²) in [5.74, 6) is -2.53. The van der Waals surface area contributed by atoms with Gasteiger partial charge in [-0.15, -0.1) is 0 Å². The van der Waals surface area contributed by atoms with Gasteiger partial charge in [0.15, 0.2) is 11.5 Å². The van der Waals surface area contributed by atoms with Crippen LogP contribution in [-0.2, 0) is 16.6 Å². The molecular weight excluding hydrogens is 516 g/mol. The lowest BCUT2D eigenvalue weighted by atomic mass is 9.77. The van der Waals surface area contributed by atoms with Crippen molar-refractivity contribution < 1.29 is 18.7 Å². The predicted octanol–water partition coefficient (Wildman–Crippen LogP) is 4.75. The Morgan fingerprint density at radius 1 is 1.24 bits per heavy atom. The number of phenolic OH excluding ortho intramolecular Hbond substituents is 1. The second-order valence-electron chi connectivity index (χ2n) is 10.1. The number of rotatable bonds is 4. The number of hydrogen-bond donors (Lipinski definition) is 3. The molecule has 0 unspecified atom stereocenters. The number of halogens is 3. The average Bonchev–Trinajstić information content (AvgIpc) is 3.45. The molecule has 38 heavy (non-hydrogen) atoms. The Balaban J connectivity index is 1.39. The fourth-order valence-electron chi connectivity index (χ4n) is 5.44. The minimum atomic E-state index is -2.60. The Morgan fingerprint density at radius 2 is 2.00 bits per heavy atom. The summed E-state index contributed by atoms with van der Waals surface area (Å²) >= 11 is 5.96. The van der Waals surface area contributed by atoms with Crippen LogP contribution in [0.15, 0.2) is 36.8 Å². The van der Waals surface area contributed by atoms with Crippen molar-refractivity contribution in [1.29, 1.82) is 0 Å². The number of nitrogens with one attached hydrogen (secondary N) is 1. The predicted molar refractivity (Wildman–Crippen MR) is 137 cm³/mol. The third kappa shape index (κ3) is 3.92. The van der Waals surface area contributed by atoms with Gasteiger partial charge in [-0.25, -0.2) is 28.7 Å². The highest BCUT2D eigenvalue weighted by Crippen LogP contribution is 2.46. The Bertz CT molecular complexity index is 1600. The number of aromatic nitrogens is 5. The molecule has 4 N–H and O–H groups in total. The molecule has 196 valence electrons. The molecule has 9 nitrogen and oxygen atoms in total. The minimum Gasteiger partial charge on any atom is -0.506 e. The fourth-order valence-corrected chi connectivity index (χ4v) is 5.56. The van der Waals surface area contributed by atoms with Crippen LogP contribution in [0.2, 0.25) is 5.02 Å². The van der Waals surface area contributed by atoms with E-state index in [9.17, 15) is 18.7 Å². The van der Waals surface area contributed by atoms with E-state index < -0.39 is 11.3 Å². The van der Waals surface area contributed by atoms with Gasteiger partial charge in [0.1, 0.15) is 28.5 Å². The molecule has 0 bridgehead atoms. The van der Waals surface area contributed by atoms with Gasteiger partial charge in [0.25, 0.3) is 0 Å². The van der Waals surface area contributed by atoms with Gasteiger partial charge < -0.3 is 20.6 Å². The standard InChI is InChI=1S/C26H24ClF2N7O2/c1-25(14-2-3-15(27)18(37)11-14)19-20(30)33-21(34-22(19)35-24(25)38)17-12-36-9-8-31-23(36)16(32-17)10-13-4-6-26(28,29)7-5-13/h2-3,8-9,11-13,37H,4-7,10H2,1H3,(H3,30,33,34,35,38)/t25-/m1/s1. The van der Waals surface area contributed by atoms with Crippen LogP contribution in [0.3, 0.4) is 0 Å². The number of carbonyl (C=O) groups excluding carboxylic acids is 1. The molecule has 1 aliphatic carbocycles. The van der Waals surface area contributed by atoms with Crippen LogP contribution in [0.1, 0.15) is 49.4 Å². The number of hydrogen-bond acceptors (Lipinski definition) is 7. The Labute approximate surface area is 221 Å². The van der Waals surface area contributed by atoms with Gasteiger partial charge in [-0.2, -0.15) is 0 Å². The van der Waals surface area contributed by atoms with Crippen LogP contribution in [0.5, 0.6) is 5.75 Å². The van der Waals surface area contributed by atoms with Crippen molar-refractivity contribution in [3.63, 3.8) is 0 Å². The van der Waals surface area contributed by atoms with E-state index in [0.717, 1.165) is 0 Å². The molecule has 0 spiro atoms. The summed E-state index contributed by atoms with van der Waals surface area (Å²) in [7, 11) is 0. The first kappa shape index (κ1) is 24.5. The largest absolute Gasteiger partial charge is 0.506 e. The molecular formula is C26H24ClF2N7O2. The third-order valence-corrected chi connectivity index (χ3v) is 7.96. The van der Waals surface area contributed by atoms with E-state index in [1.54, 1.807) is 36.0 Å². The maximum absolute atomic E-state index is 13.7. The average molecular weight is 540 g/mol. The van der Waals surface area contributed by atoms with Gasteiger partial charge >= 0.3 is 0 Å². The number of benzene rings is 1. The highest BCUT2D eigenvalue weighted by Gasteiger charge is 2.48. The Morgan fingerprint density at radius 3 is 2.74 bits per heavy atom. The smallest absolute Gasteiger partial charge is 0.248 e. The first-order valence-electron chi connectivity index (χ1n) is 12.2. The molecule has 0 radical (unpaired) electrons. The zero-order valence-corrected chi connectivity index (χ0v) is 21.1. The topological polar surface area (TPSA) is 131 Å². The van der Waals surface area contributed by atoms with Crippen molar-refractivity contribution >= 4 is 34.8 Å². The van der Waals surface area contributed by atoms with Crippen molar-refractivity contribution in [3.05, 3.63) is 58.6 Å². The molecule has 1 aliphatic heterocycles. The second-order valence-corrected chi connectivity index (χ2v) is 10.5. The molecule has 6 rings (SSSR count). The maximum atomic E-state index is 13.7.